The van der Waals surface area contributed by atoms with Crippen LogP contribution >= 0.6 is 0 Å². The summed E-state index contributed by atoms with van der Waals surface area (Å²) in [5, 5.41) is 13.7. The Hall–Kier alpha value is -2.05. The van der Waals surface area contributed by atoms with Gasteiger partial charge in [-0.1, -0.05) is 13.8 Å². The van der Waals surface area contributed by atoms with E-state index in [2.05, 4.69) is 36.0 Å². The minimum Gasteiger partial charge on any atom is -0.389 e. The summed E-state index contributed by atoms with van der Waals surface area (Å²) in [7, 11) is 3.16. The monoisotopic (exact) mass is 333 g/mol. The Balaban J connectivity index is 2.03. The Bertz CT molecular complexity index is 681. The maximum Gasteiger partial charge on any atom is 0.321 e. The fourth-order valence-corrected chi connectivity index (χ4v) is 2.69. The number of methoxy groups -OCH3 is 1. The molecule has 6 heteroatoms. The lowest BCUT2D eigenvalue weighted by Gasteiger charge is -2.21. The highest BCUT2D eigenvalue weighted by atomic mass is 16.5. The molecular formula is C18H27N3O3. The van der Waals surface area contributed by atoms with Gasteiger partial charge in [-0.25, -0.2) is 4.79 Å². The highest BCUT2D eigenvalue weighted by Gasteiger charge is 2.14. The highest BCUT2D eigenvalue weighted by Crippen LogP contribution is 2.21. The third kappa shape index (κ3) is 4.72. The Labute approximate surface area is 143 Å². The molecule has 0 aliphatic heterocycles. The van der Waals surface area contributed by atoms with E-state index in [4.69, 9.17) is 4.74 Å². The molecule has 2 aromatic rings. The quantitative estimate of drug-likeness (QED) is 0.819. The number of nitrogens with zero attached hydrogens (tertiary/aromatic N) is 2. The highest BCUT2D eigenvalue weighted by molar-refractivity contribution is 5.92. The van der Waals surface area contributed by atoms with Crippen LogP contribution in [0.2, 0.25) is 0 Å². The molecule has 0 spiro atoms. The van der Waals surface area contributed by atoms with Crippen molar-refractivity contribution in [2.75, 3.05) is 32.6 Å². The Morgan fingerprint density at radius 1 is 1.38 bits per heavy atom. The lowest BCUT2D eigenvalue weighted by atomic mass is 10.2. The Morgan fingerprint density at radius 2 is 2.12 bits per heavy atom. The van der Waals surface area contributed by atoms with Crippen molar-refractivity contribution in [3.63, 3.8) is 0 Å². The molecule has 1 unspecified atom stereocenters. The summed E-state index contributed by atoms with van der Waals surface area (Å²) in [6, 6.07) is 7.68. The van der Waals surface area contributed by atoms with Gasteiger partial charge in [0, 0.05) is 43.5 Å². The van der Waals surface area contributed by atoms with Gasteiger partial charge in [0.1, 0.15) is 0 Å². The zero-order chi connectivity index (χ0) is 17.7. The van der Waals surface area contributed by atoms with Gasteiger partial charge in [-0.3, -0.25) is 0 Å². The maximum atomic E-state index is 12.2. The van der Waals surface area contributed by atoms with Crippen molar-refractivity contribution in [3.8, 4) is 0 Å². The van der Waals surface area contributed by atoms with Gasteiger partial charge in [-0.2, -0.15) is 0 Å². The molecule has 0 fully saturated rings. The van der Waals surface area contributed by atoms with Crippen LogP contribution in [0.5, 0.6) is 0 Å². The largest absolute Gasteiger partial charge is 0.389 e. The van der Waals surface area contributed by atoms with E-state index < -0.39 is 6.10 Å². The molecule has 2 N–H and O–H groups in total. The third-order valence-corrected chi connectivity index (χ3v) is 3.77. The number of urea groups is 1. The van der Waals surface area contributed by atoms with Crippen LogP contribution in [0.1, 0.15) is 13.8 Å². The van der Waals surface area contributed by atoms with Crippen molar-refractivity contribution in [1.29, 1.82) is 0 Å². The average molecular weight is 333 g/mol. The van der Waals surface area contributed by atoms with Crippen LogP contribution in [0.25, 0.3) is 10.9 Å². The molecule has 0 saturated carbocycles. The van der Waals surface area contributed by atoms with Crippen molar-refractivity contribution < 1.29 is 14.6 Å². The fraction of sp³-hybridized carbons (Fsp3) is 0.500. The fourth-order valence-electron chi connectivity index (χ4n) is 2.69. The van der Waals surface area contributed by atoms with Gasteiger partial charge < -0.3 is 24.6 Å². The summed E-state index contributed by atoms with van der Waals surface area (Å²) < 4.78 is 7.09. The number of benzene rings is 1. The van der Waals surface area contributed by atoms with Crippen LogP contribution < -0.4 is 5.32 Å². The van der Waals surface area contributed by atoms with Crippen molar-refractivity contribution in [1.82, 2.24) is 9.47 Å². The number of aliphatic hydroxyl groups excluding tert-OH is 1. The number of hydrogen-bond acceptors (Lipinski definition) is 3. The molecule has 0 bridgehead atoms. The molecule has 2 amide bonds. The number of anilines is 1. The second kappa shape index (κ2) is 8.17. The van der Waals surface area contributed by atoms with E-state index in [1.807, 2.05) is 18.2 Å². The normalized spacial score (nSPS) is 12.6. The number of carbonyl (C=O) groups is 1. The number of nitrogens with one attached hydrogen (secondary N) is 1. The molecule has 6 nitrogen and oxygen atoms in total. The molecule has 0 saturated heterocycles. The summed E-state index contributed by atoms with van der Waals surface area (Å²) in [4.78, 5) is 13.6. The van der Waals surface area contributed by atoms with E-state index >= 15 is 0 Å². The lowest BCUT2D eigenvalue weighted by molar-refractivity contribution is 0.0501. The summed E-state index contributed by atoms with van der Waals surface area (Å²) >= 11 is 0. The molecule has 132 valence electrons. The molecule has 0 radical (unpaired) electrons. The first-order valence-corrected chi connectivity index (χ1v) is 8.18. The topological polar surface area (TPSA) is 66.7 Å². The van der Waals surface area contributed by atoms with E-state index in [-0.39, 0.29) is 19.2 Å². The predicted octanol–water partition coefficient (Wildman–Crippen LogP) is 2.77. The minimum absolute atomic E-state index is 0.201. The number of aliphatic hydroxyl groups is 1. The van der Waals surface area contributed by atoms with Crippen molar-refractivity contribution in [2.24, 2.45) is 5.92 Å². The second-order valence-electron chi connectivity index (χ2n) is 6.56. The first-order chi connectivity index (χ1) is 11.4. The molecule has 0 aliphatic carbocycles. The van der Waals surface area contributed by atoms with Gasteiger partial charge in [0.05, 0.1) is 19.3 Å². The van der Waals surface area contributed by atoms with Crippen LogP contribution in [0.15, 0.2) is 30.5 Å². The van der Waals surface area contributed by atoms with Crippen LogP contribution in [-0.2, 0) is 11.3 Å². The van der Waals surface area contributed by atoms with Crippen molar-refractivity contribution >= 4 is 22.6 Å². The van der Waals surface area contributed by atoms with Gasteiger partial charge in [-0.05, 0) is 30.2 Å². The number of rotatable bonds is 7. The molecule has 1 heterocycles. The summed E-state index contributed by atoms with van der Waals surface area (Å²) in [5.41, 5.74) is 1.90. The van der Waals surface area contributed by atoms with E-state index in [1.165, 1.54) is 12.0 Å². The number of hydrogen-bond donors (Lipinski definition) is 2. The van der Waals surface area contributed by atoms with Crippen LogP contribution in [0.3, 0.4) is 0 Å². The van der Waals surface area contributed by atoms with Crippen molar-refractivity contribution in [2.45, 2.75) is 26.5 Å². The smallest absolute Gasteiger partial charge is 0.321 e. The molecule has 1 atom stereocenters. The third-order valence-electron chi connectivity index (χ3n) is 3.77. The average Bonchev–Trinajstić information content (AvgIpc) is 2.89. The van der Waals surface area contributed by atoms with Gasteiger partial charge in [0.2, 0.25) is 0 Å². The Morgan fingerprint density at radius 3 is 2.79 bits per heavy atom. The second-order valence-corrected chi connectivity index (χ2v) is 6.56. The molecule has 24 heavy (non-hydrogen) atoms. The molecule has 2 rings (SSSR count). The van der Waals surface area contributed by atoms with Gasteiger partial charge in [-0.15, -0.1) is 0 Å². The number of aromatic nitrogens is 1. The molecule has 1 aromatic heterocycles. The maximum absolute atomic E-state index is 12.2. The van der Waals surface area contributed by atoms with E-state index in [0.717, 1.165) is 23.1 Å². The van der Waals surface area contributed by atoms with Crippen LogP contribution in [-0.4, -0.2) is 54.0 Å². The number of likely N-dealkylation sites (N-methyl/N-ethyl adjacent to an activating group) is 1. The first-order valence-electron chi connectivity index (χ1n) is 8.18. The zero-order valence-electron chi connectivity index (χ0n) is 14.8. The standard InChI is InChI=1S/C18H27N3O3/c1-13(2)10-21-8-7-14-9-15(5-6-17(14)21)19-18(23)20(3)11-16(22)12-24-4/h5-9,13,16,22H,10-12H2,1-4H3,(H,19,23). The number of ether oxygens (including phenoxy) is 1. The van der Waals surface area contributed by atoms with E-state index in [1.54, 1.807) is 7.05 Å². The lowest BCUT2D eigenvalue weighted by Crippen LogP contribution is -2.38. The predicted molar refractivity (Wildman–Crippen MR) is 96.3 cm³/mol. The number of carbonyl (C=O) groups excluding carboxylic acids is 1. The van der Waals surface area contributed by atoms with Gasteiger partial charge in [0.15, 0.2) is 0 Å². The minimum atomic E-state index is -0.696. The van der Waals surface area contributed by atoms with Crippen molar-refractivity contribution in [3.05, 3.63) is 30.5 Å². The first kappa shape index (κ1) is 18.3. The van der Waals surface area contributed by atoms with Crippen LogP contribution in [0.4, 0.5) is 10.5 Å². The Kier molecular flexibility index (Phi) is 6.23. The summed E-state index contributed by atoms with van der Waals surface area (Å²) in [6.45, 7) is 5.76. The SMILES string of the molecule is COCC(O)CN(C)C(=O)Nc1ccc2c(ccn2CC(C)C)c1. The number of amides is 2. The van der Waals surface area contributed by atoms with Gasteiger partial charge >= 0.3 is 6.03 Å². The summed E-state index contributed by atoms with van der Waals surface area (Å²) in [5.74, 6) is 0.576. The molecule has 0 aliphatic rings. The molecular weight excluding hydrogens is 306 g/mol. The zero-order valence-corrected chi connectivity index (χ0v) is 14.8. The van der Waals surface area contributed by atoms with E-state index in [0.29, 0.717) is 5.92 Å². The van der Waals surface area contributed by atoms with Crippen LogP contribution in [0, 0.1) is 5.92 Å². The van der Waals surface area contributed by atoms with Gasteiger partial charge in [0.25, 0.3) is 0 Å². The summed E-state index contributed by atoms with van der Waals surface area (Å²) in [6.07, 6.45) is 1.38. The number of fused-ring (bicyclic) bond motifs is 1. The van der Waals surface area contributed by atoms with E-state index in [9.17, 15) is 9.90 Å². The molecule has 1 aromatic carbocycles.